The molecule has 1 aliphatic carbocycles. The first-order valence-corrected chi connectivity index (χ1v) is 7.62. The van der Waals surface area contributed by atoms with Crippen LogP contribution in [-0.4, -0.2) is 44.8 Å². The summed E-state index contributed by atoms with van der Waals surface area (Å²) in [5.41, 5.74) is 6.37. The molecule has 1 saturated heterocycles. The van der Waals surface area contributed by atoms with Crippen molar-refractivity contribution in [2.45, 2.75) is 30.8 Å². The Hall–Kier alpha value is -1.37. The molecule has 1 heterocycles. The van der Waals surface area contributed by atoms with Crippen molar-refractivity contribution in [1.29, 1.82) is 0 Å². The van der Waals surface area contributed by atoms with Gasteiger partial charge < -0.3 is 25.4 Å². The second-order valence-electron chi connectivity index (χ2n) is 6.13. The highest BCUT2D eigenvalue weighted by molar-refractivity contribution is 5.89. The summed E-state index contributed by atoms with van der Waals surface area (Å²) in [4.78, 5) is 14.3. The van der Waals surface area contributed by atoms with Gasteiger partial charge in [-0.25, -0.2) is 0 Å². The van der Waals surface area contributed by atoms with Crippen molar-refractivity contribution < 1.29 is 14.3 Å². The Kier molecular flexibility index (Phi) is 7.01. The molecule has 0 aromatic heterocycles. The van der Waals surface area contributed by atoms with Gasteiger partial charge in [-0.1, -0.05) is 0 Å². The van der Waals surface area contributed by atoms with E-state index in [2.05, 4.69) is 10.2 Å². The van der Waals surface area contributed by atoms with Crippen molar-refractivity contribution in [3.05, 3.63) is 18.2 Å². The molecule has 3 rings (SSSR count). The van der Waals surface area contributed by atoms with Gasteiger partial charge in [0.1, 0.15) is 11.5 Å². The van der Waals surface area contributed by atoms with Gasteiger partial charge in [0, 0.05) is 43.0 Å². The lowest BCUT2D eigenvalue weighted by molar-refractivity contribution is -0.123. The van der Waals surface area contributed by atoms with Gasteiger partial charge in [-0.3, -0.25) is 4.79 Å². The summed E-state index contributed by atoms with van der Waals surface area (Å²) in [6.07, 6.45) is 2.51. The van der Waals surface area contributed by atoms with Gasteiger partial charge in [0.15, 0.2) is 0 Å². The summed E-state index contributed by atoms with van der Waals surface area (Å²) in [6.45, 7) is 1.66. The van der Waals surface area contributed by atoms with Gasteiger partial charge in [-0.05, 0) is 19.3 Å². The number of hydrogen-bond donors (Lipinski definition) is 2. The van der Waals surface area contributed by atoms with E-state index >= 15 is 0 Å². The molecule has 1 aliphatic heterocycles. The molecule has 136 valence electrons. The van der Waals surface area contributed by atoms with Crippen LogP contribution in [0.5, 0.6) is 11.5 Å². The SMILES string of the molecule is COc1cc(OC)cc(N2CCC(NC(=O)C3(N)CC3)C2)c1.Cl.Cl. The van der Waals surface area contributed by atoms with Crippen LogP contribution >= 0.6 is 24.8 Å². The maximum Gasteiger partial charge on any atom is 0.240 e. The van der Waals surface area contributed by atoms with Crippen LogP contribution in [0.1, 0.15) is 19.3 Å². The molecule has 1 unspecified atom stereocenters. The van der Waals surface area contributed by atoms with Crippen LogP contribution in [0.15, 0.2) is 18.2 Å². The summed E-state index contributed by atoms with van der Waals surface area (Å²) >= 11 is 0. The molecule has 0 spiro atoms. The van der Waals surface area contributed by atoms with Crippen LogP contribution < -0.4 is 25.4 Å². The Morgan fingerprint density at radius 3 is 2.29 bits per heavy atom. The first-order valence-electron chi connectivity index (χ1n) is 7.62. The van der Waals surface area contributed by atoms with Gasteiger partial charge in [-0.15, -0.1) is 24.8 Å². The lowest BCUT2D eigenvalue weighted by Gasteiger charge is -2.21. The summed E-state index contributed by atoms with van der Waals surface area (Å²) in [5, 5.41) is 3.07. The van der Waals surface area contributed by atoms with Crippen molar-refractivity contribution in [3.63, 3.8) is 0 Å². The van der Waals surface area contributed by atoms with Gasteiger partial charge in [0.05, 0.1) is 19.8 Å². The molecule has 2 fully saturated rings. The molecule has 8 heteroatoms. The highest BCUT2D eigenvalue weighted by atomic mass is 35.5. The van der Waals surface area contributed by atoms with E-state index in [0.717, 1.165) is 49.5 Å². The lowest BCUT2D eigenvalue weighted by Crippen LogP contribution is -2.47. The molecule has 24 heavy (non-hydrogen) atoms. The fourth-order valence-electron chi connectivity index (χ4n) is 2.78. The van der Waals surface area contributed by atoms with Gasteiger partial charge in [0.25, 0.3) is 0 Å². The number of hydrogen-bond acceptors (Lipinski definition) is 5. The molecule has 1 aromatic carbocycles. The number of benzene rings is 1. The number of nitrogens with zero attached hydrogens (tertiary/aromatic N) is 1. The first kappa shape index (κ1) is 20.7. The predicted octanol–water partition coefficient (Wildman–Crippen LogP) is 1.73. The van der Waals surface area contributed by atoms with Crippen molar-refractivity contribution in [1.82, 2.24) is 5.32 Å². The van der Waals surface area contributed by atoms with E-state index in [1.165, 1.54) is 0 Å². The molecular formula is C16H25Cl2N3O3. The zero-order valence-corrected chi connectivity index (χ0v) is 15.5. The zero-order valence-electron chi connectivity index (χ0n) is 13.9. The van der Waals surface area contributed by atoms with E-state index in [0.29, 0.717) is 0 Å². The van der Waals surface area contributed by atoms with E-state index in [-0.39, 0.29) is 36.8 Å². The second kappa shape index (κ2) is 8.14. The first-order chi connectivity index (χ1) is 10.5. The number of amides is 1. The molecule has 3 N–H and O–H groups in total. The van der Waals surface area contributed by atoms with Crippen LogP contribution in [0, 0.1) is 0 Å². The van der Waals surface area contributed by atoms with Crippen LogP contribution in [0.2, 0.25) is 0 Å². The summed E-state index contributed by atoms with van der Waals surface area (Å²) in [7, 11) is 3.28. The zero-order chi connectivity index (χ0) is 15.7. The third-order valence-corrected chi connectivity index (χ3v) is 4.47. The van der Waals surface area contributed by atoms with E-state index in [1.807, 2.05) is 18.2 Å². The number of nitrogens with two attached hydrogens (primary N) is 1. The Bertz CT molecular complexity index is 559. The van der Waals surface area contributed by atoms with E-state index < -0.39 is 5.54 Å². The summed E-state index contributed by atoms with van der Waals surface area (Å²) < 4.78 is 10.6. The molecule has 1 aromatic rings. The average Bonchev–Trinajstić information content (AvgIpc) is 3.12. The van der Waals surface area contributed by atoms with Crippen molar-refractivity contribution in [3.8, 4) is 11.5 Å². The molecule has 1 atom stereocenters. The Labute approximate surface area is 154 Å². The minimum absolute atomic E-state index is 0. The normalized spacial score (nSPS) is 20.5. The van der Waals surface area contributed by atoms with Gasteiger partial charge in [-0.2, -0.15) is 0 Å². The smallest absolute Gasteiger partial charge is 0.240 e. The van der Waals surface area contributed by atoms with Gasteiger partial charge >= 0.3 is 0 Å². The average molecular weight is 378 g/mol. The standard InChI is InChI=1S/C16H23N3O3.2ClH/c1-21-13-7-12(8-14(9-13)22-2)19-6-3-11(10-19)18-15(20)16(17)4-5-16;;/h7-9,11H,3-6,10,17H2,1-2H3,(H,18,20);2*1H. The minimum atomic E-state index is -0.605. The number of nitrogens with one attached hydrogen (secondary N) is 1. The Morgan fingerprint density at radius 2 is 1.79 bits per heavy atom. The second-order valence-corrected chi connectivity index (χ2v) is 6.13. The molecule has 6 nitrogen and oxygen atoms in total. The van der Waals surface area contributed by atoms with Crippen LogP contribution in [-0.2, 0) is 4.79 Å². The number of carbonyl (C=O) groups excluding carboxylic acids is 1. The molecule has 0 radical (unpaired) electrons. The number of halogens is 2. The van der Waals surface area contributed by atoms with Crippen molar-refractivity contribution in [2.75, 3.05) is 32.2 Å². The number of ether oxygens (including phenoxy) is 2. The Morgan fingerprint density at radius 1 is 1.21 bits per heavy atom. The highest BCUT2D eigenvalue weighted by Crippen LogP contribution is 2.33. The number of carbonyl (C=O) groups is 1. The van der Waals surface area contributed by atoms with Crippen molar-refractivity contribution in [2.24, 2.45) is 5.73 Å². The molecule has 2 aliphatic rings. The fraction of sp³-hybridized carbons (Fsp3) is 0.562. The summed E-state index contributed by atoms with van der Waals surface area (Å²) in [6, 6.07) is 5.96. The third-order valence-electron chi connectivity index (χ3n) is 4.47. The number of anilines is 1. The third kappa shape index (κ3) is 4.37. The predicted molar refractivity (Wildman–Crippen MR) is 99.0 cm³/mol. The number of rotatable bonds is 5. The fourth-order valence-corrected chi connectivity index (χ4v) is 2.78. The molecule has 1 amide bonds. The molecule has 1 saturated carbocycles. The topological polar surface area (TPSA) is 76.8 Å². The Balaban J connectivity index is 0.00000144. The number of methoxy groups -OCH3 is 2. The minimum Gasteiger partial charge on any atom is -0.497 e. The summed E-state index contributed by atoms with van der Waals surface area (Å²) in [5.74, 6) is 1.52. The van der Waals surface area contributed by atoms with E-state index in [1.54, 1.807) is 14.2 Å². The molecule has 0 bridgehead atoms. The van der Waals surface area contributed by atoms with Crippen LogP contribution in [0.4, 0.5) is 5.69 Å². The molecular weight excluding hydrogens is 353 g/mol. The van der Waals surface area contributed by atoms with Crippen molar-refractivity contribution >= 4 is 36.4 Å². The van der Waals surface area contributed by atoms with E-state index in [9.17, 15) is 4.79 Å². The quantitative estimate of drug-likeness (QED) is 0.816. The lowest BCUT2D eigenvalue weighted by atomic mass is 10.2. The van der Waals surface area contributed by atoms with Crippen LogP contribution in [0.25, 0.3) is 0 Å². The largest absolute Gasteiger partial charge is 0.497 e. The monoisotopic (exact) mass is 377 g/mol. The van der Waals surface area contributed by atoms with Gasteiger partial charge in [0.2, 0.25) is 5.91 Å². The van der Waals surface area contributed by atoms with Crippen LogP contribution in [0.3, 0.4) is 0 Å². The maximum absolute atomic E-state index is 12.0. The highest BCUT2D eigenvalue weighted by Gasteiger charge is 2.46. The van der Waals surface area contributed by atoms with E-state index in [4.69, 9.17) is 15.2 Å². The maximum atomic E-state index is 12.0.